The van der Waals surface area contributed by atoms with E-state index in [1.807, 2.05) is 6.07 Å². The van der Waals surface area contributed by atoms with Crippen molar-refractivity contribution in [3.63, 3.8) is 0 Å². The van der Waals surface area contributed by atoms with Crippen LogP contribution in [0.2, 0.25) is 0 Å². The van der Waals surface area contributed by atoms with Gasteiger partial charge in [0.25, 0.3) is 0 Å². The Morgan fingerprint density at radius 3 is 2.41 bits per heavy atom. The van der Waals surface area contributed by atoms with Crippen molar-refractivity contribution in [1.82, 2.24) is 15.5 Å². The van der Waals surface area contributed by atoms with Gasteiger partial charge in [-0.05, 0) is 43.1 Å². The summed E-state index contributed by atoms with van der Waals surface area (Å²) in [6, 6.07) is 19.3. The molecule has 0 saturated carbocycles. The molecule has 0 spiro atoms. The van der Waals surface area contributed by atoms with E-state index in [2.05, 4.69) is 71.1 Å². The van der Waals surface area contributed by atoms with Crippen molar-refractivity contribution in [2.24, 2.45) is 0 Å². The van der Waals surface area contributed by atoms with Crippen LogP contribution in [0.5, 0.6) is 0 Å². The Morgan fingerprint density at radius 1 is 1.11 bits per heavy atom. The molecular formula is C23H29N3O. The van der Waals surface area contributed by atoms with Gasteiger partial charge in [-0.3, -0.25) is 9.69 Å². The molecule has 1 atom stereocenters. The topological polar surface area (TPSA) is 44.4 Å². The largest absolute Gasteiger partial charge is 0.350 e. The fourth-order valence-electron chi connectivity index (χ4n) is 4.45. The summed E-state index contributed by atoms with van der Waals surface area (Å²) in [7, 11) is 2.11. The third-order valence-electron chi connectivity index (χ3n) is 6.21. The third-order valence-corrected chi connectivity index (χ3v) is 6.21. The van der Waals surface area contributed by atoms with Crippen LogP contribution >= 0.6 is 0 Å². The summed E-state index contributed by atoms with van der Waals surface area (Å²) in [6.45, 7) is 2.73. The zero-order chi connectivity index (χ0) is 18.7. The zero-order valence-electron chi connectivity index (χ0n) is 16.1. The van der Waals surface area contributed by atoms with Crippen LogP contribution in [0.15, 0.2) is 54.6 Å². The highest BCUT2D eigenvalue weighted by Gasteiger charge is 2.47. The van der Waals surface area contributed by atoms with Gasteiger partial charge in [-0.1, -0.05) is 54.6 Å². The lowest BCUT2D eigenvalue weighted by atomic mass is 9.91. The van der Waals surface area contributed by atoms with Gasteiger partial charge < -0.3 is 10.6 Å². The van der Waals surface area contributed by atoms with E-state index < -0.39 is 5.54 Å². The Labute approximate surface area is 162 Å². The molecular weight excluding hydrogens is 334 g/mol. The predicted octanol–water partition coefficient (Wildman–Crippen LogP) is 2.18. The third kappa shape index (κ3) is 3.78. The average Bonchev–Trinajstić information content (AvgIpc) is 3.34. The molecule has 2 aromatic rings. The summed E-state index contributed by atoms with van der Waals surface area (Å²) in [5.74, 6) is 0.183. The fraction of sp³-hybridized carbons (Fsp3) is 0.435. The second kappa shape index (κ2) is 7.83. The summed E-state index contributed by atoms with van der Waals surface area (Å²) in [4.78, 5) is 15.8. The van der Waals surface area contributed by atoms with E-state index in [1.54, 1.807) is 0 Å². The Hall–Kier alpha value is -2.17. The van der Waals surface area contributed by atoms with Crippen LogP contribution < -0.4 is 10.6 Å². The van der Waals surface area contributed by atoms with Gasteiger partial charge in [0.2, 0.25) is 5.91 Å². The van der Waals surface area contributed by atoms with Gasteiger partial charge in [0, 0.05) is 32.0 Å². The number of benzene rings is 2. The van der Waals surface area contributed by atoms with Crippen molar-refractivity contribution in [2.45, 2.75) is 37.3 Å². The second-order valence-corrected chi connectivity index (χ2v) is 7.97. The summed E-state index contributed by atoms with van der Waals surface area (Å²) in [5.41, 5.74) is 3.45. The molecule has 1 saturated heterocycles. The van der Waals surface area contributed by atoms with Gasteiger partial charge in [0.05, 0.1) is 0 Å². The van der Waals surface area contributed by atoms with E-state index in [9.17, 15) is 4.79 Å². The van der Waals surface area contributed by atoms with E-state index in [4.69, 9.17) is 0 Å². The minimum Gasteiger partial charge on any atom is -0.350 e. The molecule has 2 N–H and O–H groups in total. The molecule has 2 aliphatic rings. The monoisotopic (exact) mass is 363 g/mol. The molecule has 27 heavy (non-hydrogen) atoms. The highest BCUT2D eigenvalue weighted by Crippen LogP contribution is 2.34. The number of amides is 1. The summed E-state index contributed by atoms with van der Waals surface area (Å²) < 4.78 is 0. The van der Waals surface area contributed by atoms with Crippen LogP contribution in [0.1, 0.15) is 23.1 Å². The first-order valence-corrected chi connectivity index (χ1v) is 10.0. The molecule has 1 fully saturated rings. The molecule has 1 aliphatic heterocycles. The number of rotatable bonds is 6. The number of likely N-dealkylation sites (N-methyl/N-ethyl adjacent to an activating group) is 1. The van der Waals surface area contributed by atoms with Crippen LogP contribution in [0.4, 0.5) is 0 Å². The van der Waals surface area contributed by atoms with Crippen molar-refractivity contribution in [3.05, 3.63) is 71.3 Å². The van der Waals surface area contributed by atoms with E-state index in [1.165, 1.54) is 16.7 Å². The maximum Gasteiger partial charge on any atom is 0.241 e. The Kier molecular flexibility index (Phi) is 5.28. The standard InChI is InChI=1S/C23H29N3O/c1-26(14-12-18-7-3-2-4-8-18)23(22(27)25-21-11-13-24-17-21)15-19-9-5-6-10-20(19)16-23/h2-10,21,24H,11-17H2,1H3,(H,25,27). The first-order chi connectivity index (χ1) is 13.2. The first kappa shape index (κ1) is 18.2. The number of hydrogen-bond donors (Lipinski definition) is 2. The van der Waals surface area contributed by atoms with Crippen molar-refractivity contribution in [2.75, 3.05) is 26.7 Å². The predicted molar refractivity (Wildman–Crippen MR) is 109 cm³/mol. The lowest BCUT2D eigenvalue weighted by Crippen LogP contribution is -2.60. The average molecular weight is 364 g/mol. The lowest BCUT2D eigenvalue weighted by molar-refractivity contribution is -0.133. The van der Waals surface area contributed by atoms with Crippen LogP contribution in [0.3, 0.4) is 0 Å². The minimum absolute atomic E-state index is 0.183. The molecule has 0 bridgehead atoms. The van der Waals surface area contributed by atoms with E-state index in [0.29, 0.717) is 0 Å². The Morgan fingerprint density at radius 2 is 1.78 bits per heavy atom. The number of fused-ring (bicyclic) bond motifs is 1. The van der Waals surface area contributed by atoms with Crippen molar-refractivity contribution in [3.8, 4) is 0 Å². The minimum atomic E-state index is -0.485. The quantitative estimate of drug-likeness (QED) is 0.827. The van der Waals surface area contributed by atoms with E-state index >= 15 is 0 Å². The summed E-state index contributed by atoms with van der Waals surface area (Å²) in [6.07, 6.45) is 3.55. The smallest absolute Gasteiger partial charge is 0.241 e. The molecule has 1 unspecified atom stereocenters. The number of hydrogen-bond acceptors (Lipinski definition) is 3. The van der Waals surface area contributed by atoms with Crippen LogP contribution in [-0.4, -0.2) is 49.1 Å². The van der Waals surface area contributed by atoms with Crippen molar-refractivity contribution < 1.29 is 4.79 Å². The second-order valence-electron chi connectivity index (χ2n) is 7.97. The molecule has 0 aromatic heterocycles. The van der Waals surface area contributed by atoms with Crippen molar-refractivity contribution in [1.29, 1.82) is 0 Å². The van der Waals surface area contributed by atoms with Crippen LogP contribution in [-0.2, 0) is 24.1 Å². The van der Waals surface area contributed by atoms with Crippen LogP contribution in [0, 0.1) is 0 Å². The Balaban J connectivity index is 1.53. The Bertz CT molecular complexity index is 758. The number of carbonyl (C=O) groups excluding carboxylic acids is 1. The van der Waals surface area contributed by atoms with Gasteiger partial charge in [-0.15, -0.1) is 0 Å². The number of nitrogens with one attached hydrogen (secondary N) is 2. The molecule has 0 radical (unpaired) electrons. The van der Waals surface area contributed by atoms with E-state index in [0.717, 1.165) is 45.3 Å². The molecule has 1 heterocycles. The van der Waals surface area contributed by atoms with E-state index in [-0.39, 0.29) is 11.9 Å². The summed E-state index contributed by atoms with van der Waals surface area (Å²) >= 11 is 0. The first-order valence-electron chi connectivity index (χ1n) is 10.0. The molecule has 1 aliphatic carbocycles. The molecule has 4 nitrogen and oxygen atoms in total. The highest BCUT2D eigenvalue weighted by molar-refractivity contribution is 5.88. The highest BCUT2D eigenvalue weighted by atomic mass is 16.2. The van der Waals surface area contributed by atoms with Gasteiger partial charge in [-0.25, -0.2) is 0 Å². The van der Waals surface area contributed by atoms with Gasteiger partial charge in [0.15, 0.2) is 0 Å². The number of carbonyl (C=O) groups is 1. The van der Waals surface area contributed by atoms with Crippen molar-refractivity contribution >= 4 is 5.91 Å². The molecule has 1 amide bonds. The normalized spacial score (nSPS) is 20.6. The van der Waals surface area contributed by atoms with Gasteiger partial charge in [-0.2, -0.15) is 0 Å². The molecule has 2 aromatic carbocycles. The molecule has 142 valence electrons. The van der Waals surface area contributed by atoms with Gasteiger partial charge in [0.1, 0.15) is 5.54 Å². The summed E-state index contributed by atoms with van der Waals surface area (Å²) in [5, 5.41) is 6.68. The lowest BCUT2D eigenvalue weighted by Gasteiger charge is -2.38. The zero-order valence-corrected chi connectivity index (χ0v) is 16.1. The van der Waals surface area contributed by atoms with Crippen LogP contribution in [0.25, 0.3) is 0 Å². The fourth-order valence-corrected chi connectivity index (χ4v) is 4.45. The van der Waals surface area contributed by atoms with Gasteiger partial charge >= 0.3 is 0 Å². The SMILES string of the molecule is CN(CCc1ccccc1)C1(C(=O)NC2CCNC2)Cc2ccccc2C1. The molecule has 4 heteroatoms. The maximum absolute atomic E-state index is 13.5. The molecule has 4 rings (SSSR count). The maximum atomic E-state index is 13.5. The number of nitrogens with zero attached hydrogens (tertiary/aromatic N) is 1.